The maximum absolute atomic E-state index is 12.4. The lowest BCUT2D eigenvalue weighted by Gasteiger charge is -2.39. The number of hydrogen-bond acceptors (Lipinski definition) is 5. The maximum Gasteiger partial charge on any atom is 0.239 e. The van der Waals surface area contributed by atoms with Crippen LogP contribution in [0.2, 0.25) is 0 Å². The Kier molecular flexibility index (Phi) is 9.11. The zero-order chi connectivity index (χ0) is 23.8. The van der Waals surface area contributed by atoms with Crippen molar-refractivity contribution in [1.82, 2.24) is 19.8 Å². The summed E-state index contributed by atoms with van der Waals surface area (Å²) < 4.78 is 14.1. The SMILES string of the molecule is CC(c1cccc2ccccc12)N1CCC(N(CC(=O)NCC(=O)NCC=O)S(C)=O)CC1. The number of nitrogens with zero attached hydrogens (tertiary/aromatic N) is 2. The zero-order valence-corrected chi connectivity index (χ0v) is 20.0. The van der Waals surface area contributed by atoms with Crippen LogP contribution in [-0.4, -0.2) is 76.5 Å². The molecule has 1 fully saturated rings. The minimum atomic E-state index is -1.31. The van der Waals surface area contributed by atoms with E-state index in [1.807, 2.05) is 0 Å². The van der Waals surface area contributed by atoms with Crippen LogP contribution >= 0.6 is 0 Å². The van der Waals surface area contributed by atoms with Crippen LogP contribution in [-0.2, 0) is 25.4 Å². The van der Waals surface area contributed by atoms with Crippen LogP contribution in [0.3, 0.4) is 0 Å². The summed E-state index contributed by atoms with van der Waals surface area (Å²) in [6, 6.07) is 15.1. The Labute approximate surface area is 197 Å². The summed E-state index contributed by atoms with van der Waals surface area (Å²) >= 11 is 0. The number of hydrogen-bond donors (Lipinski definition) is 2. The van der Waals surface area contributed by atoms with Crippen LogP contribution < -0.4 is 10.6 Å². The third-order valence-corrected chi connectivity index (χ3v) is 7.27. The van der Waals surface area contributed by atoms with E-state index < -0.39 is 16.9 Å². The molecule has 0 bridgehead atoms. The molecular weight excluding hydrogens is 440 g/mol. The second-order valence-electron chi connectivity index (χ2n) is 8.26. The number of amides is 2. The molecule has 178 valence electrons. The van der Waals surface area contributed by atoms with Crippen molar-refractivity contribution in [2.75, 3.05) is 39.0 Å². The van der Waals surface area contributed by atoms with E-state index in [0.29, 0.717) is 6.29 Å². The molecular formula is C24H32N4O4S. The van der Waals surface area contributed by atoms with Crippen molar-refractivity contribution >= 4 is 39.9 Å². The van der Waals surface area contributed by atoms with E-state index in [1.54, 1.807) is 10.6 Å². The fourth-order valence-electron chi connectivity index (χ4n) is 4.40. The van der Waals surface area contributed by atoms with Gasteiger partial charge in [-0.2, -0.15) is 0 Å². The number of fused-ring (bicyclic) bond motifs is 1. The fourth-order valence-corrected chi connectivity index (χ4v) is 5.33. The standard InChI is InChI=1S/C24H32N4O4S/c1-18(21-9-5-7-19-6-3-4-8-22(19)21)27-13-10-20(11-14-27)28(33(2)32)17-24(31)26-16-23(30)25-12-15-29/h3-9,15,18,20H,10-14,16-17H2,1-2H3,(H,25,30)(H,26,31). The Balaban J connectivity index is 1.56. The van der Waals surface area contributed by atoms with Crippen molar-refractivity contribution in [3.8, 4) is 0 Å². The topological polar surface area (TPSA) is 98.8 Å². The van der Waals surface area contributed by atoms with Crippen molar-refractivity contribution in [3.63, 3.8) is 0 Å². The van der Waals surface area contributed by atoms with E-state index in [9.17, 15) is 18.6 Å². The Hall–Kier alpha value is -2.62. The molecule has 2 unspecified atom stereocenters. The molecule has 9 heteroatoms. The van der Waals surface area contributed by atoms with Crippen LogP contribution in [0.4, 0.5) is 0 Å². The molecule has 2 aromatic carbocycles. The molecule has 0 radical (unpaired) electrons. The molecule has 3 rings (SSSR count). The first-order chi connectivity index (χ1) is 15.9. The molecule has 1 aliphatic rings. The van der Waals surface area contributed by atoms with E-state index in [-0.39, 0.29) is 37.6 Å². The van der Waals surface area contributed by atoms with Gasteiger partial charge in [-0.3, -0.25) is 14.5 Å². The van der Waals surface area contributed by atoms with Crippen molar-refractivity contribution in [1.29, 1.82) is 0 Å². The van der Waals surface area contributed by atoms with Crippen molar-refractivity contribution < 1.29 is 18.6 Å². The second kappa shape index (κ2) is 12.0. The molecule has 0 aromatic heterocycles. The lowest BCUT2D eigenvalue weighted by atomic mass is 9.96. The van der Waals surface area contributed by atoms with Gasteiger partial charge in [0.25, 0.3) is 0 Å². The van der Waals surface area contributed by atoms with Gasteiger partial charge >= 0.3 is 0 Å². The Morgan fingerprint density at radius 2 is 1.82 bits per heavy atom. The number of nitrogens with one attached hydrogen (secondary N) is 2. The second-order valence-corrected chi connectivity index (χ2v) is 9.57. The molecule has 2 amide bonds. The summed E-state index contributed by atoms with van der Waals surface area (Å²) in [5.41, 5.74) is 1.30. The smallest absolute Gasteiger partial charge is 0.239 e. The van der Waals surface area contributed by atoms with E-state index in [4.69, 9.17) is 0 Å². The highest BCUT2D eigenvalue weighted by molar-refractivity contribution is 7.81. The Morgan fingerprint density at radius 3 is 2.52 bits per heavy atom. The zero-order valence-electron chi connectivity index (χ0n) is 19.2. The van der Waals surface area contributed by atoms with E-state index in [2.05, 4.69) is 64.9 Å². The van der Waals surface area contributed by atoms with E-state index >= 15 is 0 Å². The summed E-state index contributed by atoms with van der Waals surface area (Å²) in [5, 5.41) is 7.39. The lowest BCUT2D eigenvalue weighted by molar-refractivity contribution is -0.126. The van der Waals surface area contributed by atoms with Crippen LogP contribution in [0, 0.1) is 0 Å². The molecule has 1 saturated heterocycles. The van der Waals surface area contributed by atoms with Gasteiger partial charge in [0.1, 0.15) is 6.29 Å². The molecule has 2 atom stereocenters. The molecule has 1 heterocycles. The monoisotopic (exact) mass is 472 g/mol. The third kappa shape index (κ3) is 6.69. The highest BCUT2D eigenvalue weighted by Gasteiger charge is 2.30. The summed E-state index contributed by atoms with van der Waals surface area (Å²) in [6.07, 6.45) is 3.77. The van der Waals surface area contributed by atoms with Gasteiger partial charge in [-0.1, -0.05) is 42.5 Å². The number of likely N-dealkylation sites (tertiary alicyclic amines) is 1. The van der Waals surface area contributed by atoms with Crippen LogP contribution in [0.15, 0.2) is 42.5 Å². The number of carbonyl (C=O) groups is 3. The Bertz CT molecular complexity index is 1000. The first kappa shape index (κ1) is 25.0. The molecule has 1 aliphatic heterocycles. The minimum absolute atomic E-state index is 0.0291. The van der Waals surface area contributed by atoms with Crippen molar-refractivity contribution in [2.45, 2.75) is 31.8 Å². The molecule has 8 nitrogen and oxygen atoms in total. The van der Waals surface area contributed by atoms with Gasteiger partial charge in [-0.15, -0.1) is 0 Å². The molecule has 0 spiro atoms. The highest BCUT2D eigenvalue weighted by Crippen LogP contribution is 2.31. The van der Waals surface area contributed by atoms with E-state index in [1.165, 1.54) is 16.3 Å². The average Bonchev–Trinajstić information content (AvgIpc) is 2.84. The van der Waals surface area contributed by atoms with Gasteiger partial charge in [0.15, 0.2) is 0 Å². The first-order valence-electron chi connectivity index (χ1n) is 11.2. The molecule has 0 saturated carbocycles. The summed E-state index contributed by atoms with van der Waals surface area (Å²) in [5.74, 6) is -0.798. The van der Waals surface area contributed by atoms with Gasteiger partial charge in [-0.25, -0.2) is 8.51 Å². The minimum Gasteiger partial charge on any atom is -0.348 e. The van der Waals surface area contributed by atoms with Crippen LogP contribution in [0.5, 0.6) is 0 Å². The van der Waals surface area contributed by atoms with Crippen molar-refractivity contribution in [3.05, 3.63) is 48.0 Å². The van der Waals surface area contributed by atoms with E-state index in [0.717, 1.165) is 25.9 Å². The largest absolute Gasteiger partial charge is 0.348 e. The number of rotatable bonds is 10. The fraction of sp³-hybridized carbons (Fsp3) is 0.458. The predicted octanol–water partition coefficient (Wildman–Crippen LogP) is 1.39. The normalized spacial score (nSPS) is 16.9. The van der Waals surface area contributed by atoms with Gasteiger partial charge < -0.3 is 15.4 Å². The summed E-state index contributed by atoms with van der Waals surface area (Å²) in [7, 11) is -1.31. The van der Waals surface area contributed by atoms with Crippen molar-refractivity contribution in [2.24, 2.45) is 0 Å². The number of carbonyl (C=O) groups excluding carboxylic acids is 3. The van der Waals surface area contributed by atoms with Gasteiger partial charge in [0, 0.05) is 31.4 Å². The first-order valence-corrected chi connectivity index (χ1v) is 12.7. The summed E-state index contributed by atoms with van der Waals surface area (Å²) in [4.78, 5) is 36.6. The predicted molar refractivity (Wildman–Crippen MR) is 130 cm³/mol. The number of benzene rings is 2. The number of piperidine rings is 1. The third-order valence-electron chi connectivity index (χ3n) is 6.19. The highest BCUT2D eigenvalue weighted by atomic mass is 32.2. The molecule has 0 aliphatic carbocycles. The van der Waals surface area contributed by atoms with Crippen LogP contribution in [0.25, 0.3) is 10.8 Å². The summed E-state index contributed by atoms with van der Waals surface area (Å²) in [6.45, 7) is 3.58. The number of aldehydes is 1. The molecule has 33 heavy (non-hydrogen) atoms. The van der Waals surface area contributed by atoms with Gasteiger partial charge in [-0.05, 0) is 36.1 Å². The Morgan fingerprint density at radius 1 is 1.12 bits per heavy atom. The molecule has 2 N–H and O–H groups in total. The quantitative estimate of drug-likeness (QED) is 0.509. The van der Waals surface area contributed by atoms with Gasteiger partial charge in [0.2, 0.25) is 11.8 Å². The maximum atomic E-state index is 12.4. The average molecular weight is 473 g/mol. The molecule has 2 aromatic rings. The van der Waals surface area contributed by atoms with Gasteiger partial charge in [0.05, 0.1) is 30.6 Å². The lowest BCUT2D eigenvalue weighted by Crippen LogP contribution is -2.50. The van der Waals surface area contributed by atoms with Crippen LogP contribution in [0.1, 0.15) is 31.4 Å².